The zero-order valence-corrected chi connectivity index (χ0v) is 14.0. The second kappa shape index (κ2) is 7.13. The summed E-state index contributed by atoms with van der Waals surface area (Å²) in [7, 11) is -1.90. The minimum absolute atomic E-state index is 0.0580. The molecule has 22 heavy (non-hydrogen) atoms. The van der Waals surface area contributed by atoms with E-state index in [0.717, 1.165) is 11.1 Å². The van der Waals surface area contributed by atoms with E-state index < -0.39 is 10.0 Å². The predicted molar refractivity (Wildman–Crippen MR) is 88.6 cm³/mol. The van der Waals surface area contributed by atoms with E-state index in [1.165, 1.54) is 7.11 Å². The number of halogens is 1. The lowest BCUT2D eigenvalue weighted by Crippen LogP contribution is -2.25. The number of hydrogen-bond acceptors (Lipinski definition) is 3. The summed E-state index contributed by atoms with van der Waals surface area (Å²) in [4.78, 5) is 0. The number of methoxy groups -OCH3 is 1. The Balaban J connectivity index is 2.08. The van der Waals surface area contributed by atoms with Crippen LogP contribution in [0.15, 0.2) is 42.5 Å². The lowest BCUT2D eigenvalue weighted by atomic mass is 10.2. The van der Waals surface area contributed by atoms with Crippen molar-refractivity contribution in [2.24, 2.45) is 0 Å². The number of rotatable bonds is 6. The summed E-state index contributed by atoms with van der Waals surface area (Å²) in [6.45, 7) is 2.07. The van der Waals surface area contributed by atoms with Gasteiger partial charge in [0, 0.05) is 17.1 Å². The largest absolute Gasteiger partial charge is 0.496 e. The van der Waals surface area contributed by atoms with Crippen LogP contribution in [0.4, 0.5) is 0 Å². The third kappa shape index (κ3) is 4.73. The van der Waals surface area contributed by atoms with Crippen LogP contribution < -0.4 is 9.46 Å². The predicted octanol–water partition coefficient (Wildman–Crippen LogP) is 3.28. The fraction of sp³-hybridized carbons (Fsp3) is 0.250. The molecule has 2 aromatic carbocycles. The van der Waals surface area contributed by atoms with Crippen LogP contribution in [-0.2, 0) is 22.3 Å². The summed E-state index contributed by atoms with van der Waals surface area (Å²) in [6.07, 6.45) is 0. The molecule has 0 amide bonds. The molecule has 0 heterocycles. The molecule has 0 saturated heterocycles. The van der Waals surface area contributed by atoms with E-state index in [1.54, 1.807) is 24.3 Å². The van der Waals surface area contributed by atoms with Crippen molar-refractivity contribution in [3.8, 4) is 5.75 Å². The highest BCUT2D eigenvalue weighted by molar-refractivity contribution is 7.88. The van der Waals surface area contributed by atoms with Gasteiger partial charge in [0.2, 0.25) is 10.0 Å². The van der Waals surface area contributed by atoms with Gasteiger partial charge in [-0.1, -0.05) is 41.4 Å². The van der Waals surface area contributed by atoms with Gasteiger partial charge in [-0.15, -0.1) is 0 Å². The first kappa shape index (κ1) is 16.8. The Morgan fingerprint density at radius 3 is 2.64 bits per heavy atom. The lowest BCUT2D eigenvalue weighted by Gasteiger charge is -2.11. The number of aryl methyl sites for hydroxylation is 1. The van der Waals surface area contributed by atoms with E-state index in [0.29, 0.717) is 16.3 Å². The normalized spacial score (nSPS) is 11.4. The SMILES string of the molecule is COc1ccc(Cl)cc1CNS(=O)(=O)Cc1cccc(C)c1. The molecule has 0 aliphatic carbocycles. The summed E-state index contributed by atoms with van der Waals surface area (Å²) in [5.74, 6) is 0.542. The summed E-state index contributed by atoms with van der Waals surface area (Å²) in [6, 6.07) is 12.5. The van der Waals surface area contributed by atoms with Crippen molar-refractivity contribution in [1.82, 2.24) is 4.72 Å². The molecule has 6 heteroatoms. The van der Waals surface area contributed by atoms with Gasteiger partial charge < -0.3 is 4.74 Å². The highest BCUT2D eigenvalue weighted by Crippen LogP contribution is 2.22. The van der Waals surface area contributed by atoms with Crippen LogP contribution in [0, 0.1) is 6.92 Å². The Kier molecular flexibility index (Phi) is 5.45. The second-order valence-corrected chi connectivity index (χ2v) is 7.27. The number of hydrogen-bond donors (Lipinski definition) is 1. The number of sulfonamides is 1. The Morgan fingerprint density at radius 2 is 1.95 bits per heavy atom. The molecule has 0 saturated carbocycles. The van der Waals surface area contributed by atoms with E-state index in [2.05, 4.69) is 4.72 Å². The monoisotopic (exact) mass is 339 g/mol. The second-order valence-electron chi connectivity index (χ2n) is 5.03. The highest BCUT2D eigenvalue weighted by Gasteiger charge is 2.13. The van der Waals surface area contributed by atoms with Gasteiger partial charge in [0.15, 0.2) is 0 Å². The van der Waals surface area contributed by atoms with E-state index >= 15 is 0 Å². The molecular formula is C16H18ClNO3S. The van der Waals surface area contributed by atoms with E-state index in [4.69, 9.17) is 16.3 Å². The Labute approximate surface area is 136 Å². The molecule has 118 valence electrons. The maximum Gasteiger partial charge on any atom is 0.216 e. The standard InChI is InChI=1S/C16H18ClNO3S/c1-12-4-3-5-13(8-12)11-22(19,20)18-10-14-9-15(17)6-7-16(14)21-2/h3-9,18H,10-11H2,1-2H3. The molecule has 0 aliphatic heterocycles. The van der Waals surface area contributed by atoms with Crippen LogP contribution in [0.1, 0.15) is 16.7 Å². The van der Waals surface area contributed by atoms with Crippen LogP contribution in [0.3, 0.4) is 0 Å². The van der Waals surface area contributed by atoms with Crippen molar-refractivity contribution < 1.29 is 13.2 Å². The molecule has 0 bridgehead atoms. The Hall–Kier alpha value is -1.56. The lowest BCUT2D eigenvalue weighted by molar-refractivity contribution is 0.409. The number of nitrogens with one attached hydrogen (secondary N) is 1. The van der Waals surface area contributed by atoms with Gasteiger partial charge in [-0.25, -0.2) is 13.1 Å². The van der Waals surface area contributed by atoms with Crippen LogP contribution in [0.2, 0.25) is 5.02 Å². The van der Waals surface area contributed by atoms with Crippen LogP contribution in [0.5, 0.6) is 5.75 Å². The van der Waals surface area contributed by atoms with Gasteiger partial charge in [0.05, 0.1) is 12.9 Å². The molecule has 0 aromatic heterocycles. The van der Waals surface area contributed by atoms with Gasteiger partial charge >= 0.3 is 0 Å². The van der Waals surface area contributed by atoms with Crippen molar-refractivity contribution in [3.05, 3.63) is 64.2 Å². The van der Waals surface area contributed by atoms with Gasteiger partial charge in [-0.2, -0.15) is 0 Å². The van der Waals surface area contributed by atoms with Crippen molar-refractivity contribution in [1.29, 1.82) is 0 Å². The van der Waals surface area contributed by atoms with Gasteiger partial charge in [-0.3, -0.25) is 0 Å². The smallest absolute Gasteiger partial charge is 0.216 e. The molecule has 2 rings (SSSR count). The summed E-state index contributed by atoms with van der Waals surface area (Å²) < 4.78 is 32.2. The van der Waals surface area contributed by atoms with Gasteiger partial charge in [0.1, 0.15) is 5.75 Å². The molecular weight excluding hydrogens is 322 g/mol. The average molecular weight is 340 g/mol. The first-order valence-electron chi connectivity index (χ1n) is 6.75. The van der Waals surface area contributed by atoms with E-state index in [1.807, 2.05) is 25.1 Å². The number of benzene rings is 2. The Morgan fingerprint density at radius 1 is 1.18 bits per heavy atom. The van der Waals surface area contributed by atoms with Crippen molar-refractivity contribution >= 4 is 21.6 Å². The van der Waals surface area contributed by atoms with Crippen LogP contribution >= 0.6 is 11.6 Å². The highest BCUT2D eigenvalue weighted by atomic mass is 35.5. The zero-order chi connectivity index (χ0) is 16.2. The maximum absolute atomic E-state index is 12.2. The fourth-order valence-electron chi connectivity index (χ4n) is 2.15. The quantitative estimate of drug-likeness (QED) is 0.878. The van der Waals surface area contributed by atoms with E-state index in [9.17, 15) is 8.42 Å². The zero-order valence-electron chi connectivity index (χ0n) is 12.5. The number of ether oxygens (including phenoxy) is 1. The summed E-state index contributed by atoms with van der Waals surface area (Å²) >= 11 is 5.94. The maximum atomic E-state index is 12.2. The topological polar surface area (TPSA) is 55.4 Å². The first-order chi connectivity index (χ1) is 10.4. The summed E-state index contributed by atoms with van der Waals surface area (Å²) in [5, 5.41) is 0.536. The first-order valence-corrected chi connectivity index (χ1v) is 8.78. The molecule has 2 aromatic rings. The average Bonchev–Trinajstić information content (AvgIpc) is 2.45. The third-order valence-corrected chi connectivity index (χ3v) is 4.70. The van der Waals surface area contributed by atoms with E-state index in [-0.39, 0.29) is 12.3 Å². The fourth-order valence-corrected chi connectivity index (χ4v) is 3.44. The van der Waals surface area contributed by atoms with Crippen molar-refractivity contribution in [2.75, 3.05) is 7.11 Å². The van der Waals surface area contributed by atoms with Gasteiger partial charge in [0.25, 0.3) is 0 Å². The molecule has 0 aliphatic rings. The summed E-state index contributed by atoms with van der Waals surface area (Å²) in [5.41, 5.74) is 2.48. The molecule has 0 atom stereocenters. The Bertz CT molecular complexity index is 760. The molecule has 1 N–H and O–H groups in total. The molecule has 0 unspecified atom stereocenters. The minimum atomic E-state index is -3.44. The minimum Gasteiger partial charge on any atom is -0.496 e. The molecule has 0 spiro atoms. The molecule has 4 nitrogen and oxygen atoms in total. The van der Waals surface area contributed by atoms with Crippen LogP contribution in [-0.4, -0.2) is 15.5 Å². The van der Waals surface area contributed by atoms with Crippen molar-refractivity contribution in [3.63, 3.8) is 0 Å². The molecule has 0 radical (unpaired) electrons. The van der Waals surface area contributed by atoms with Crippen molar-refractivity contribution in [2.45, 2.75) is 19.2 Å². The van der Waals surface area contributed by atoms with Gasteiger partial charge in [-0.05, 0) is 30.7 Å². The molecule has 0 fully saturated rings. The van der Waals surface area contributed by atoms with Crippen LogP contribution in [0.25, 0.3) is 0 Å². The third-order valence-electron chi connectivity index (χ3n) is 3.16.